The molecule has 4 aromatic heterocycles. The summed E-state index contributed by atoms with van der Waals surface area (Å²) >= 11 is 3.10. The van der Waals surface area contributed by atoms with Crippen LogP contribution >= 0.6 is 22.7 Å². The number of aromatic nitrogens is 4. The fourth-order valence-corrected chi connectivity index (χ4v) is 4.77. The summed E-state index contributed by atoms with van der Waals surface area (Å²) in [6.07, 6.45) is 4.26. The molecule has 0 bridgehead atoms. The molecule has 0 fully saturated rings. The molecule has 0 aliphatic heterocycles. The van der Waals surface area contributed by atoms with Gasteiger partial charge in [-0.15, -0.1) is 22.7 Å². The molecule has 33 heavy (non-hydrogen) atoms. The lowest BCUT2D eigenvalue weighted by Gasteiger charge is -2.14. The highest BCUT2D eigenvalue weighted by Gasteiger charge is 2.15. The van der Waals surface area contributed by atoms with Gasteiger partial charge in [-0.2, -0.15) is 0 Å². The highest BCUT2D eigenvalue weighted by atomic mass is 32.1. The van der Waals surface area contributed by atoms with E-state index in [1.165, 1.54) is 16.9 Å². The maximum Gasteiger partial charge on any atom is 0.162 e. The molecule has 3 N–H and O–H groups in total. The van der Waals surface area contributed by atoms with Gasteiger partial charge >= 0.3 is 0 Å². The summed E-state index contributed by atoms with van der Waals surface area (Å²) in [7, 11) is 0. The number of nitrogens with two attached hydrogens (primary N) is 1. The van der Waals surface area contributed by atoms with E-state index < -0.39 is 0 Å². The fraction of sp³-hybridized carbons (Fsp3) is 0.120. The zero-order chi connectivity index (χ0) is 22.5. The first-order valence-electron chi connectivity index (χ1n) is 10.4. The number of nitrogens with one attached hydrogen (secondary N) is 1. The molecule has 5 aromatic rings. The summed E-state index contributed by atoms with van der Waals surface area (Å²) in [5.41, 5.74) is 12.7. The Morgan fingerprint density at radius 3 is 2.64 bits per heavy atom. The van der Waals surface area contributed by atoms with Crippen LogP contribution in [0.1, 0.15) is 16.8 Å². The van der Waals surface area contributed by atoms with Gasteiger partial charge in [-0.25, -0.2) is 15.0 Å². The summed E-state index contributed by atoms with van der Waals surface area (Å²) in [4.78, 5) is 18.0. The second-order valence-corrected chi connectivity index (χ2v) is 9.01. The molecule has 0 aliphatic rings. The third-order valence-corrected chi connectivity index (χ3v) is 6.55. The number of hydrogen-bond donors (Lipinski definition) is 2. The van der Waals surface area contributed by atoms with E-state index in [0.29, 0.717) is 12.4 Å². The average molecular weight is 469 g/mol. The van der Waals surface area contributed by atoms with Crippen molar-refractivity contribution in [3.63, 3.8) is 0 Å². The van der Waals surface area contributed by atoms with Crippen LogP contribution in [0.5, 0.6) is 0 Å². The van der Waals surface area contributed by atoms with E-state index in [-0.39, 0.29) is 6.04 Å². The summed E-state index contributed by atoms with van der Waals surface area (Å²) < 4.78 is 0.960. The van der Waals surface area contributed by atoms with Crippen molar-refractivity contribution in [2.45, 2.75) is 12.5 Å². The second-order valence-electron chi connectivity index (χ2n) is 7.41. The first kappa shape index (κ1) is 21.2. The maximum absolute atomic E-state index is 6.41. The highest BCUT2D eigenvalue weighted by molar-refractivity contribution is 7.18. The van der Waals surface area contributed by atoms with E-state index in [4.69, 9.17) is 15.7 Å². The molecular weight excluding hydrogens is 448 g/mol. The maximum atomic E-state index is 6.41. The van der Waals surface area contributed by atoms with E-state index in [1.807, 2.05) is 41.1 Å². The van der Waals surface area contributed by atoms with Crippen LogP contribution in [0.4, 0.5) is 5.82 Å². The van der Waals surface area contributed by atoms with Gasteiger partial charge in [0.25, 0.3) is 0 Å². The minimum Gasteiger partial charge on any atom is -0.367 e. The van der Waals surface area contributed by atoms with Crippen LogP contribution < -0.4 is 11.1 Å². The first-order chi connectivity index (χ1) is 16.3. The second kappa shape index (κ2) is 9.88. The Morgan fingerprint density at radius 1 is 1.00 bits per heavy atom. The molecule has 8 heteroatoms. The third kappa shape index (κ3) is 5.07. The van der Waals surface area contributed by atoms with Crippen molar-refractivity contribution in [2.24, 2.45) is 5.73 Å². The van der Waals surface area contributed by atoms with Crippen LogP contribution in [0, 0.1) is 11.8 Å². The quantitative estimate of drug-likeness (QED) is 0.354. The summed E-state index contributed by atoms with van der Waals surface area (Å²) in [5.74, 6) is 7.73. The zero-order valence-electron chi connectivity index (χ0n) is 17.6. The van der Waals surface area contributed by atoms with Gasteiger partial charge in [0.15, 0.2) is 5.82 Å². The Bertz CT molecular complexity index is 1400. The Hall–Kier alpha value is -3.64. The Morgan fingerprint density at radius 2 is 1.85 bits per heavy atom. The lowest BCUT2D eigenvalue weighted by atomic mass is 10.1. The Labute approximate surface area is 199 Å². The van der Waals surface area contributed by atoms with Crippen molar-refractivity contribution in [1.82, 2.24) is 19.9 Å². The van der Waals surface area contributed by atoms with E-state index in [0.717, 1.165) is 39.3 Å². The molecule has 0 aliphatic carbocycles. The zero-order valence-corrected chi connectivity index (χ0v) is 19.2. The number of fused-ring (bicyclic) bond motifs is 1. The van der Waals surface area contributed by atoms with Crippen LogP contribution in [0.15, 0.2) is 71.1 Å². The molecule has 6 nitrogen and oxygen atoms in total. The van der Waals surface area contributed by atoms with Gasteiger partial charge < -0.3 is 11.1 Å². The van der Waals surface area contributed by atoms with Crippen molar-refractivity contribution in [3.05, 3.63) is 87.9 Å². The number of anilines is 1. The third-order valence-electron chi connectivity index (χ3n) is 4.98. The van der Waals surface area contributed by atoms with Crippen LogP contribution in [0.3, 0.4) is 0 Å². The number of rotatable bonds is 6. The molecule has 0 spiro atoms. The average Bonchev–Trinajstić information content (AvgIpc) is 3.52. The van der Waals surface area contributed by atoms with Crippen molar-refractivity contribution >= 4 is 38.7 Å². The highest BCUT2D eigenvalue weighted by Crippen LogP contribution is 2.32. The van der Waals surface area contributed by atoms with Crippen LogP contribution in [-0.4, -0.2) is 32.5 Å². The van der Waals surface area contributed by atoms with Crippen LogP contribution in [0.25, 0.3) is 21.6 Å². The SMILES string of the molecule is NC(CNc1nc(-c2ccncc2)nc2c(C#Cc3cscn3)csc12)Cc1ccccc1. The monoisotopic (exact) mass is 468 g/mol. The largest absolute Gasteiger partial charge is 0.367 e. The lowest BCUT2D eigenvalue weighted by molar-refractivity contribution is 0.698. The van der Waals surface area contributed by atoms with E-state index in [9.17, 15) is 0 Å². The number of pyridine rings is 1. The van der Waals surface area contributed by atoms with Gasteiger partial charge in [0.05, 0.1) is 15.8 Å². The number of thiophene rings is 1. The van der Waals surface area contributed by atoms with Gasteiger partial charge in [0.1, 0.15) is 17.0 Å². The molecule has 5 rings (SSSR count). The van der Waals surface area contributed by atoms with Gasteiger partial charge in [-0.05, 0) is 30.0 Å². The predicted molar refractivity (Wildman–Crippen MR) is 135 cm³/mol. The van der Waals surface area contributed by atoms with Gasteiger partial charge in [0.2, 0.25) is 0 Å². The molecule has 0 saturated carbocycles. The van der Waals surface area contributed by atoms with Crippen LogP contribution in [-0.2, 0) is 6.42 Å². The molecule has 0 amide bonds. The van der Waals surface area contributed by atoms with Crippen molar-refractivity contribution in [2.75, 3.05) is 11.9 Å². The minimum absolute atomic E-state index is 0.0503. The number of nitrogens with zero attached hydrogens (tertiary/aromatic N) is 4. The first-order valence-corrected chi connectivity index (χ1v) is 12.2. The minimum atomic E-state index is -0.0503. The summed E-state index contributed by atoms with van der Waals surface area (Å²) in [6, 6.07) is 14.0. The Kier molecular flexibility index (Phi) is 6.35. The van der Waals surface area contributed by atoms with E-state index in [1.54, 1.807) is 29.2 Å². The number of hydrogen-bond acceptors (Lipinski definition) is 8. The molecule has 1 aromatic carbocycles. The van der Waals surface area contributed by atoms with E-state index >= 15 is 0 Å². The summed E-state index contributed by atoms with van der Waals surface area (Å²) in [5, 5.41) is 7.41. The van der Waals surface area contributed by atoms with Crippen molar-refractivity contribution < 1.29 is 0 Å². The standard InChI is InChI=1S/C25H20N6S2/c26-20(12-17-4-2-1-3-5-17)13-28-25-23-22(30-24(31-25)18-8-10-27-11-9-18)19(14-33-23)6-7-21-15-32-16-29-21/h1-5,8-11,14-16,20H,12-13,26H2,(H,28,30,31). The smallest absolute Gasteiger partial charge is 0.162 e. The van der Waals surface area contributed by atoms with E-state index in [2.05, 4.69) is 39.3 Å². The summed E-state index contributed by atoms with van der Waals surface area (Å²) in [6.45, 7) is 0.592. The van der Waals surface area contributed by atoms with Crippen LogP contribution in [0.2, 0.25) is 0 Å². The van der Waals surface area contributed by atoms with Crippen molar-refractivity contribution in [1.29, 1.82) is 0 Å². The molecular formula is C25H20N6S2. The van der Waals surface area contributed by atoms with Gasteiger partial charge in [0, 0.05) is 41.3 Å². The molecule has 162 valence electrons. The molecule has 0 radical (unpaired) electrons. The molecule has 0 saturated heterocycles. The predicted octanol–water partition coefficient (Wildman–Crippen LogP) is 4.59. The fourth-order valence-electron chi connectivity index (χ4n) is 3.38. The Balaban J connectivity index is 1.47. The number of benzene rings is 1. The number of thiazole rings is 1. The topological polar surface area (TPSA) is 89.6 Å². The normalized spacial score (nSPS) is 11.7. The molecule has 1 unspecified atom stereocenters. The molecule has 4 heterocycles. The van der Waals surface area contributed by atoms with Gasteiger partial charge in [-0.3, -0.25) is 4.98 Å². The lowest BCUT2D eigenvalue weighted by Crippen LogP contribution is -2.31. The van der Waals surface area contributed by atoms with Crippen molar-refractivity contribution in [3.8, 4) is 23.2 Å². The molecule has 1 atom stereocenters. The van der Waals surface area contributed by atoms with Gasteiger partial charge in [-0.1, -0.05) is 36.3 Å².